The lowest BCUT2D eigenvalue weighted by atomic mass is 10.2. The summed E-state index contributed by atoms with van der Waals surface area (Å²) in [4.78, 5) is 27.5. The summed E-state index contributed by atoms with van der Waals surface area (Å²) in [5.41, 5.74) is 0.323. The van der Waals surface area contributed by atoms with E-state index in [1.807, 2.05) is 0 Å². The van der Waals surface area contributed by atoms with Crippen molar-refractivity contribution in [1.82, 2.24) is 18.9 Å². The van der Waals surface area contributed by atoms with E-state index in [9.17, 15) is 23.3 Å². The maximum absolute atomic E-state index is 13.2. The molecule has 29 heavy (non-hydrogen) atoms. The van der Waals surface area contributed by atoms with Gasteiger partial charge < -0.3 is 0 Å². The first kappa shape index (κ1) is 19.6. The molecule has 1 fully saturated rings. The Morgan fingerprint density at radius 1 is 1.28 bits per heavy atom. The summed E-state index contributed by atoms with van der Waals surface area (Å²) in [5, 5.41) is 16.1. The van der Waals surface area contributed by atoms with Crippen molar-refractivity contribution in [2.45, 2.75) is 37.6 Å². The Morgan fingerprint density at radius 2 is 2.00 bits per heavy atom. The number of fused-ring (bicyclic) bond motifs is 1. The standard InChI is InChI=1S/C17H17N5O5S2/c1-10-11(2)18-17-21(16(10)23)19-15(28-17)13-7-5-9-20(13)29(26,27)14-8-4-3-6-12(14)22(24)25/h3-4,6,8,13H,5,7,9H2,1-2H3/t13-/m1/s1. The summed E-state index contributed by atoms with van der Waals surface area (Å²) in [6.45, 7) is 3.61. The van der Waals surface area contributed by atoms with Crippen molar-refractivity contribution >= 4 is 32.0 Å². The Morgan fingerprint density at radius 3 is 2.72 bits per heavy atom. The van der Waals surface area contributed by atoms with Crippen LogP contribution in [0.4, 0.5) is 5.69 Å². The zero-order chi connectivity index (χ0) is 20.9. The number of hydrogen-bond donors (Lipinski definition) is 0. The van der Waals surface area contributed by atoms with Crippen LogP contribution in [0.2, 0.25) is 0 Å². The zero-order valence-electron chi connectivity index (χ0n) is 15.6. The van der Waals surface area contributed by atoms with Crippen LogP contribution in [0, 0.1) is 24.0 Å². The Labute approximate surface area is 169 Å². The van der Waals surface area contributed by atoms with Gasteiger partial charge in [0.15, 0.2) is 4.90 Å². The van der Waals surface area contributed by atoms with E-state index in [1.165, 1.54) is 33.1 Å². The highest BCUT2D eigenvalue weighted by molar-refractivity contribution is 7.89. The first-order chi connectivity index (χ1) is 13.7. The van der Waals surface area contributed by atoms with E-state index in [1.54, 1.807) is 13.8 Å². The first-order valence-electron chi connectivity index (χ1n) is 8.84. The van der Waals surface area contributed by atoms with Gasteiger partial charge in [-0.2, -0.15) is 13.9 Å². The third-order valence-corrected chi connectivity index (χ3v) is 8.00. The summed E-state index contributed by atoms with van der Waals surface area (Å²) in [5.74, 6) is 0. The topological polar surface area (TPSA) is 128 Å². The summed E-state index contributed by atoms with van der Waals surface area (Å²) >= 11 is 1.16. The minimum absolute atomic E-state index is 0.218. The maximum Gasteiger partial charge on any atom is 0.289 e. The number of hydrogen-bond acceptors (Lipinski definition) is 8. The Hall–Kier alpha value is -2.70. The molecular weight excluding hydrogens is 418 g/mol. The monoisotopic (exact) mass is 435 g/mol. The van der Waals surface area contributed by atoms with E-state index in [0.29, 0.717) is 34.1 Å². The molecule has 4 rings (SSSR count). The molecule has 12 heteroatoms. The van der Waals surface area contributed by atoms with Crippen molar-refractivity contribution in [3.63, 3.8) is 0 Å². The normalized spacial score (nSPS) is 17.8. The van der Waals surface area contributed by atoms with Crippen LogP contribution >= 0.6 is 11.3 Å². The fourth-order valence-corrected chi connectivity index (χ4v) is 6.37. The molecule has 1 atom stereocenters. The van der Waals surface area contributed by atoms with Gasteiger partial charge >= 0.3 is 0 Å². The molecule has 3 aromatic rings. The van der Waals surface area contributed by atoms with Crippen LogP contribution in [-0.2, 0) is 10.0 Å². The zero-order valence-corrected chi connectivity index (χ0v) is 17.2. The van der Waals surface area contributed by atoms with E-state index < -0.39 is 26.7 Å². The average molecular weight is 435 g/mol. The van der Waals surface area contributed by atoms with Crippen LogP contribution in [0.3, 0.4) is 0 Å². The number of nitrogens with zero attached hydrogens (tertiary/aromatic N) is 5. The van der Waals surface area contributed by atoms with Gasteiger partial charge in [-0.25, -0.2) is 13.4 Å². The van der Waals surface area contributed by atoms with Gasteiger partial charge in [-0.1, -0.05) is 23.5 Å². The highest BCUT2D eigenvalue weighted by atomic mass is 32.2. The molecule has 0 aliphatic carbocycles. The van der Waals surface area contributed by atoms with Crippen LogP contribution < -0.4 is 5.56 Å². The van der Waals surface area contributed by atoms with E-state index in [4.69, 9.17) is 0 Å². The van der Waals surface area contributed by atoms with Crippen molar-refractivity contribution in [2.24, 2.45) is 0 Å². The molecule has 0 bridgehead atoms. The molecule has 0 spiro atoms. The Kier molecular flexibility index (Phi) is 4.71. The smallest absolute Gasteiger partial charge is 0.267 e. The van der Waals surface area contributed by atoms with Gasteiger partial charge in [-0.3, -0.25) is 14.9 Å². The molecule has 0 radical (unpaired) electrons. The predicted octanol–water partition coefficient (Wildman–Crippen LogP) is 2.20. The summed E-state index contributed by atoms with van der Waals surface area (Å²) in [6.07, 6.45) is 1.09. The lowest BCUT2D eigenvalue weighted by Gasteiger charge is -2.22. The molecule has 10 nitrogen and oxygen atoms in total. The van der Waals surface area contributed by atoms with Crippen LogP contribution in [-0.4, -0.2) is 38.8 Å². The third-order valence-electron chi connectivity index (χ3n) is 5.03. The van der Waals surface area contributed by atoms with Crippen LogP contribution in [0.25, 0.3) is 4.96 Å². The summed E-state index contributed by atoms with van der Waals surface area (Å²) < 4.78 is 28.9. The van der Waals surface area contributed by atoms with Gasteiger partial charge in [0, 0.05) is 23.9 Å². The van der Waals surface area contributed by atoms with E-state index >= 15 is 0 Å². The number of aromatic nitrogens is 3. The lowest BCUT2D eigenvalue weighted by Crippen LogP contribution is -2.31. The van der Waals surface area contributed by atoms with Gasteiger partial charge in [0.2, 0.25) is 4.96 Å². The fraction of sp³-hybridized carbons (Fsp3) is 0.353. The third kappa shape index (κ3) is 3.12. The first-order valence-corrected chi connectivity index (χ1v) is 11.1. The second-order valence-corrected chi connectivity index (χ2v) is 9.61. The molecule has 3 heterocycles. The van der Waals surface area contributed by atoms with Crippen LogP contribution in [0.15, 0.2) is 34.0 Å². The molecule has 1 aliphatic rings. The highest BCUT2D eigenvalue weighted by Gasteiger charge is 2.41. The molecule has 0 N–H and O–H groups in total. The quantitative estimate of drug-likeness (QED) is 0.454. The molecule has 0 amide bonds. The Balaban J connectivity index is 1.81. The minimum atomic E-state index is -4.13. The molecule has 152 valence electrons. The number of nitro benzene ring substituents is 1. The molecule has 0 unspecified atom stereocenters. The van der Waals surface area contributed by atoms with Crippen molar-refractivity contribution in [1.29, 1.82) is 0 Å². The van der Waals surface area contributed by atoms with Crippen LogP contribution in [0.1, 0.15) is 35.1 Å². The lowest BCUT2D eigenvalue weighted by molar-refractivity contribution is -0.387. The van der Waals surface area contributed by atoms with Crippen molar-refractivity contribution in [3.05, 3.63) is 61.0 Å². The van der Waals surface area contributed by atoms with Gasteiger partial charge in [-0.05, 0) is 32.8 Å². The molecule has 1 aliphatic heterocycles. The number of aryl methyl sites for hydroxylation is 1. The van der Waals surface area contributed by atoms with Crippen molar-refractivity contribution in [3.8, 4) is 0 Å². The molecule has 2 aromatic heterocycles. The number of sulfonamides is 1. The second-order valence-electron chi connectivity index (χ2n) is 6.76. The SMILES string of the molecule is Cc1nc2sc([C@H]3CCCN3S(=O)(=O)c3ccccc3[N+](=O)[O-])nn2c(=O)c1C. The predicted molar refractivity (Wildman–Crippen MR) is 106 cm³/mol. The van der Waals surface area contributed by atoms with Crippen molar-refractivity contribution < 1.29 is 13.3 Å². The number of para-hydroxylation sites is 1. The fourth-order valence-electron chi connectivity index (χ4n) is 3.40. The average Bonchev–Trinajstić information content (AvgIpc) is 3.33. The minimum Gasteiger partial charge on any atom is -0.267 e. The van der Waals surface area contributed by atoms with Gasteiger partial charge in [-0.15, -0.1) is 0 Å². The van der Waals surface area contributed by atoms with E-state index in [-0.39, 0.29) is 17.0 Å². The molecule has 1 saturated heterocycles. The Bertz CT molecular complexity index is 1300. The second kappa shape index (κ2) is 6.97. The number of nitro groups is 1. The molecule has 1 aromatic carbocycles. The largest absolute Gasteiger partial charge is 0.289 e. The van der Waals surface area contributed by atoms with E-state index in [2.05, 4.69) is 10.1 Å². The van der Waals surface area contributed by atoms with Crippen LogP contribution in [0.5, 0.6) is 0 Å². The molecule has 0 saturated carbocycles. The van der Waals surface area contributed by atoms with Gasteiger partial charge in [0.25, 0.3) is 21.3 Å². The molecular formula is C17H17N5O5S2. The summed E-state index contributed by atoms with van der Waals surface area (Å²) in [7, 11) is -4.13. The van der Waals surface area contributed by atoms with E-state index in [0.717, 1.165) is 11.3 Å². The maximum atomic E-state index is 13.2. The highest BCUT2D eigenvalue weighted by Crippen LogP contribution is 2.39. The van der Waals surface area contributed by atoms with Gasteiger partial charge in [0.1, 0.15) is 5.01 Å². The number of benzene rings is 1. The number of rotatable bonds is 4. The summed E-state index contributed by atoms with van der Waals surface area (Å²) in [6, 6.07) is 4.68. The van der Waals surface area contributed by atoms with Crippen molar-refractivity contribution in [2.75, 3.05) is 6.54 Å². The van der Waals surface area contributed by atoms with Gasteiger partial charge in [0.05, 0.1) is 11.0 Å².